The molecule has 8 bridgehead atoms. The molecule has 6 aliphatic carbocycles. The molecule has 0 aromatic heterocycles. The quantitative estimate of drug-likeness (QED) is 0.134. The Bertz CT molecular complexity index is 1880. The smallest absolute Gasteiger partial charge is 0.312 e. The summed E-state index contributed by atoms with van der Waals surface area (Å²) in [5, 5.41) is 0. The van der Waals surface area contributed by atoms with E-state index >= 15 is 0 Å². The van der Waals surface area contributed by atoms with Gasteiger partial charge in [-0.3, -0.25) is 28.8 Å². The van der Waals surface area contributed by atoms with Crippen molar-refractivity contribution in [1.82, 2.24) is 0 Å². The normalized spacial score (nSPS) is 33.9. The van der Waals surface area contributed by atoms with Crippen LogP contribution in [0.25, 0.3) is 0 Å². The van der Waals surface area contributed by atoms with Gasteiger partial charge in [-0.25, -0.2) is 0 Å². The molecule has 10 unspecified atom stereocenters. The maximum Gasteiger partial charge on any atom is 0.312 e. The zero-order chi connectivity index (χ0) is 50.9. The third-order valence-corrected chi connectivity index (χ3v) is 17.6. The van der Waals surface area contributed by atoms with Crippen molar-refractivity contribution in [2.75, 3.05) is 0 Å². The van der Waals surface area contributed by atoms with E-state index in [1.807, 2.05) is 96.9 Å². The zero-order valence-electron chi connectivity index (χ0n) is 44.8. The summed E-state index contributed by atoms with van der Waals surface area (Å²) >= 11 is 0. The maximum atomic E-state index is 13.0. The molecule has 10 atom stereocenters. The van der Waals surface area contributed by atoms with Crippen molar-refractivity contribution in [1.29, 1.82) is 0 Å². The molecule has 0 amide bonds. The minimum Gasteiger partial charge on any atom is -0.462 e. The predicted octanol–water partition coefficient (Wildman–Crippen LogP) is 12.2. The van der Waals surface area contributed by atoms with Crippen LogP contribution in [0, 0.1) is 69.0 Å². The standard InChI is InChI=1S/C23H38O6.C19H32O2.C13H18O5.3CH4/c1-10-23(8,9)20(26)27-15-12-13-11-14(15)17(19(25)29-22(5,6)7)16(13)18(24)28-21(2,3)4;1-6-17(2,3)16(20)21-18(4,5)19-10-13-7-14(11-19)9-15(8-13)12-19;1-4-13(2,3)12(15)18-9-7-5-6-8(16-7)10(9)17-11(6)14;;;/h13-17H,10-12H2,1-9H3;13-15H,6-12H2,1-5H3;6-10H,4-5H2,1-3H3;3*1H4. The van der Waals surface area contributed by atoms with Crippen LogP contribution in [-0.2, 0) is 61.9 Å². The zero-order valence-corrected chi connectivity index (χ0v) is 44.8. The fourth-order valence-electron chi connectivity index (χ4n) is 12.6. The topological polar surface area (TPSA) is 167 Å². The Kier molecular flexibility index (Phi) is 19.2. The first-order chi connectivity index (χ1) is 31.2. The fourth-order valence-corrected chi connectivity index (χ4v) is 12.6. The third-order valence-electron chi connectivity index (χ3n) is 17.6. The van der Waals surface area contributed by atoms with Crippen LogP contribution in [0.15, 0.2) is 0 Å². The summed E-state index contributed by atoms with van der Waals surface area (Å²) in [5.41, 5.74) is -2.80. The second-order valence-electron chi connectivity index (χ2n) is 26.5. The molecule has 0 spiro atoms. The van der Waals surface area contributed by atoms with Gasteiger partial charge in [-0.2, -0.15) is 0 Å². The number of rotatable bonds is 12. The molecule has 3 saturated heterocycles. The molecule has 0 N–H and O–H groups in total. The van der Waals surface area contributed by atoms with E-state index in [-0.39, 0.29) is 105 Å². The highest BCUT2D eigenvalue weighted by molar-refractivity contribution is 5.85. The van der Waals surface area contributed by atoms with Crippen molar-refractivity contribution < 1.29 is 61.9 Å². The molecule has 6 saturated carbocycles. The molecule has 9 fully saturated rings. The molecule has 0 aromatic rings. The van der Waals surface area contributed by atoms with Gasteiger partial charge < -0.3 is 33.2 Å². The van der Waals surface area contributed by atoms with Crippen LogP contribution >= 0.6 is 0 Å². The van der Waals surface area contributed by atoms with Gasteiger partial charge >= 0.3 is 35.8 Å². The van der Waals surface area contributed by atoms with Crippen molar-refractivity contribution >= 4 is 35.8 Å². The molecule has 9 aliphatic rings. The van der Waals surface area contributed by atoms with Crippen LogP contribution in [0.4, 0.5) is 0 Å². The molecule has 0 aromatic carbocycles. The fraction of sp³-hybridized carbons (Fsp3) is 0.897. The third kappa shape index (κ3) is 13.0. The number of hydrogen-bond acceptors (Lipinski definition) is 13. The predicted molar refractivity (Wildman–Crippen MR) is 274 cm³/mol. The molecular weight excluding hydrogens is 905 g/mol. The Balaban J connectivity index is 0.000000283. The van der Waals surface area contributed by atoms with Crippen LogP contribution in [0.2, 0.25) is 0 Å². The van der Waals surface area contributed by atoms with Crippen molar-refractivity contribution in [2.45, 2.75) is 264 Å². The number of carbonyl (C=O) groups is 6. The molecule has 9 rings (SSSR count). The highest BCUT2D eigenvalue weighted by atomic mass is 16.7. The monoisotopic (exact) mass is 1000 g/mol. The number of carbonyl (C=O) groups excluding carboxylic acids is 6. The number of hydrogen-bond donors (Lipinski definition) is 0. The van der Waals surface area contributed by atoms with Gasteiger partial charge in [0.2, 0.25) is 0 Å². The largest absolute Gasteiger partial charge is 0.462 e. The van der Waals surface area contributed by atoms with E-state index in [1.54, 1.807) is 0 Å². The van der Waals surface area contributed by atoms with E-state index in [9.17, 15) is 28.8 Å². The van der Waals surface area contributed by atoms with Gasteiger partial charge in [0.1, 0.15) is 29.0 Å². The number of fused-ring (bicyclic) bond motifs is 3. The second-order valence-corrected chi connectivity index (χ2v) is 26.5. The van der Waals surface area contributed by atoms with E-state index in [4.69, 9.17) is 33.2 Å². The first kappa shape index (κ1) is 62.1. The Morgan fingerprint density at radius 2 is 0.986 bits per heavy atom. The first-order valence-corrected chi connectivity index (χ1v) is 26.1. The van der Waals surface area contributed by atoms with E-state index in [1.165, 1.54) is 38.5 Å². The lowest BCUT2D eigenvalue weighted by molar-refractivity contribution is -0.206. The molecule has 13 nitrogen and oxygen atoms in total. The molecule has 13 heteroatoms. The summed E-state index contributed by atoms with van der Waals surface area (Å²) in [7, 11) is 0. The Hall–Kier alpha value is -3.22. The van der Waals surface area contributed by atoms with Gasteiger partial charge in [-0.05, 0) is 198 Å². The lowest BCUT2D eigenvalue weighted by Gasteiger charge is -2.61. The molecule has 410 valence electrons. The van der Waals surface area contributed by atoms with Gasteiger partial charge in [0.25, 0.3) is 0 Å². The number of ether oxygens (including phenoxy) is 7. The van der Waals surface area contributed by atoms with Gasteiger partial charge in [-0.1, -0.05) is 43.1 Å². The average Bonchev–Trinajstić information content (AvgIpc) is 4.02. The van der Waals surface area contributed by atoms with Gasteiger partial charge in [0.15, 0.2) is 12.2 Å². The summed E-state index contributed by atoms with van der Waals surface area (Å²) < 4.78 is 39.7. The van der Waals surface area contributed by atoms with Crippen molar-refractivity contribution in [3.63, 3.8) is 0 Å². The van der Waals surface area contributed by atoms with Gasteiger partial charge in [0.05, 0.1) is 40.1 Å². The molecular formula is C58H100O13. The van der Waals surface area contributed by atoms with Gasteiger partial charge in [0, 0.05) is 11.3 Å². The highest BCUT2D eigenvalue weighted by Gasteiger charge is 2.66. The van der Waals surface area contributed by atoms with Crippen LogP contribution in [-0.4, -0.2) is 83.1 Å². The molecule has 3 aliphatic heterocycles. The summed E-state index contributed by atoms with van der Waals surface area (Å²) in [5.74, 6) is -0.404. The van der Waals surface area contributed by atoms with E-state index in [0.29, 0.717) is 32.1 Å². The van der Waals surface area contributed by atoms with Crippen LogP contribution in [0.1, 0.15) is 217 Å². The van der Waals surface area contributed by atoms with Crippen LogP contribution < -0.4 is 0 Å². The minimum atomic E-state index is -0.659. The Morgan fingerprint density at radius 1 is 0.549 bits per heavy atom. The summed E-state index contributed by atoms with van der Waals surface area (Å²) in [4.78, 5) is 74.8. The van der Waals surface area contributed by atoms with Crippen LogP contribution in [0.5, 0.6) is 0 Å². The molecule has 0 radical (unpaired) electrons. The van der Waals surface area contributed by atoms with Crippen molar-refractivity contribution in [3.05, 3.63) is 0 Å². The Morgan fingerprint density at radius 3 is 1.44 bits per heavy atom. The SMILES string of the molecule is C.C.C.CCC(C)(C)C(=O)OC(C)(C)C12CC3CC(CC(C3)C1)C2.CCC(C)(C)C(=O)OC1C2CC3C(=O)OC1C3O2.CCC(C)(C)C(=O)OC1CC2CC1C(C(=O)OC(C)(C)C)C2C(=O)OC(C)(C)C. The van der Waals surface area contributed by atoms with Crippen LogP contribution in [0.3, 0.4) is 0 Å². The lowest BCUT2D eigenvalue weighted by atomic mass is 9.46. The minimum absolute atomic E-state index is 0. The first-order valence-electron chi connectivity index (χ1n) is 26.1. The average molecular weight is 1010 g/mol. The van der Waals surface area contributed by atoms with E-state index in [2.05, 4.69) is 20.8 Å². The number of esters is 6. The molecule has 71 heavy (non-hydrogen) atoms. The van der Waals surface area contributed by atoms with E-state index < -0.39 is 52.0 Å². The molecule has 3 heterocycles. The van der Waals surface area contributed by atoms with Crippen molar-refractivity contribution in [2.24, 2.45) is 69.0 Å². The highest BCUT2D eigenvalue weighted by Crippen LogP contribution is 2.64. The summed E-state index contributed by atoms with van der Waals surface area (Å²) in [6.45, 7) is 32.6. The Labute approximate surface area is 429 Å². The summed E-state index contributed by atoms with van der Waals surface area (Å²) in [6, 6.07) is 0. The van der Waals surface area contributed by atoms with Gasteiger partial charge in [-0.15, -0.1) is 0 Å². The lowest BCUT2D eigenvalue weighted by Crippen LogP contribution is -2.58. The summed E-state index contributed by atoms with van der Waals surface area (Å²) in [6.07, 6.45) is 10.7. The van der Waals surface area contributed by atoms with Crippen molar-refractivity contribution in [3.8, 4) is 0 Å². The van der Waals surface area contributed by atoms with E-state index in [0.717, 1.165) is 24.2 Å². The second kappa shape index (κ2) is 21.9. The maximum absolute atomic E-state index is 13.0.